The van der Waals surface area contributed by atoms with E-state index < -0.39 is 23.3 Å². The van der Waals surface area contributed by atoms with Crippen molar-refractivity contribution in [2.24, 2.45) is 0 Å². The molecule has 0 spiro atoms. The van der Waals surface area contributed by atoms with Crippen LogP contribution in [0.3, 0.4) is 0 Å². The van der Waals surface area contributed by atoms with Gasteiger partial charge in [0.2, 0.25) is 5.43 Å². The van der Waals surface area contributed by atoms with E-state index in [1.165, 1.54) is 25.1 Å². The largest absolute Gasteiger partial charge is 0.478 e. The van der Waals surface area contributed by atoms with Crippen molar-refractivity contribution in [2.45, 2.75) is 13.8 Å². The first-order valence-corrected chi connectivity index (χ1v) is 7.41. The van der Waals surface area contributed by atoms with Crippen LogP contribution in [0.5, 0.6) is 11.5 Å². The molecule has 0 bridgehead atoms. The maximum absolute atomic E-state index is 13.0. The maximum Gasteiger partial charge on any atom is 0.335 e. The van der Waals surface area contributed by atoms with Crippen molar-refractivity contribution >= 4 is 39.8 Å². The van der Waals surface area contributed by atoms with Gasteiger partial charge in [0.1, 0.15) is 33.4 Å². The minimum absolute atomic E-state index is 0.0123. The average Bonchev–Trinajstić information content (AvgIpc) is 2.53. The Morgan fingerprint density at radius 2 is 1.54 bits per heavy atom. The van der Waals surface area contributed by atoms with Gasteiger partial charge < -0.3 is 19.0 Å². The number of carbonyl (C=O) groups is 3. The van der Waals surface area contributed by atoms with Gasteiger partial charge in [-0.1, -0.05) is 6.07 Å². The highest BCUT2D eigenvalue weighted by Crippen LogP contribution is 2.31. The Balaban J connectivity index is 2.46. The van der Waals surface area contributed by atoms with Crippen LogP contribution in [0.25, 0.3) is 21.9 Å². The van der Waals surface area contributed by atoms with Crippen molar-refractivity contribution in [3.8, 4) is 11.5 Å². The molecular formula is C18H12O8. The smallest absolute Gasteiger partial charge is 0.335 e. The lowest BCUT2D eigenvalue weighted by Crippen LogP contribution is -2.11. The summed E-state index contributed by atoms with van der Waals surface area (Å²) in [6, 6.07) is 6.63. The van der Waals surface area contributed by atoms with E-state index in [0.29, 0.717) is 0 Å². The lowest BCUT2D eigenvalue weighted by Gasteiger charge is -2.10. The molecule has 0 unspecified atom stereocenters. The topological polar surface area (TPSA) is 120 Å². The predicted octanol–water partition coefficient (Wildman–Crippen LogP) is 2.50. The fourth-order valence-corrected chi connectivity index (χ4v) is 2.56. The van der Waals surface area contributed by atoms with E-state index in [9.17, 15) is 24.3 Å². The number of esters is 2. The highest BCUT2D eigenvalue weighted by Gasteiger charge is 2.20. The van der Waals surface area contributed by atoms with Gasteiger partial charge in [-0.15, -0.1) is 0 Å². The molecule has 132 valence electrons. The normalized spacial score (nSPS) is 10.7. The molecule has 26 heavy (non-hydrogen) atoms. The molecule has 0 atom stereocenters. The Hall–Kier alpha value is -3.68. The summed E-state index contributed by atoms with van der Waals surface area (Å²) in [7, 11) is 0. The molecule has 8 nitrogen and oxygen atoms in total. The molecule has 0 amide bonds. The van der Waals surface area contributed by atoms with E-state index in [4.69, 9.17) is 13.9 Å². The Bertz CT molecular complexity index is 1140. The highest BCUT2D eigenvalue weighted by atomic mass is 16.5. The molecule has 2 aromatic carbocycles. The van der Waals surface area contributed by atoms with E-state index >= 15 is 0 Å². The molecule has 8 heteroatoms. The van der Waals surface area contributed by atoms with Crippen LogP contribution in [0.1, 0.15) is 24.2 Å². The summed E-state index contributed by atoms with van der Waals surface area (Å²) < 4.78 is 15.7. The Labute approximate surface area is 145 Å². The number of fused-ring (bicyclic) bond motifs is 2. The summed E-state index contributed by atoms with van der Waals surface area (Å²) in [5, 5.41) is 9.06. The number of rotatable bonds is 3. The monoisotopic (exact) mass is 356 g/mol. The predicted molar refractivity (Wildman–Crippen MR) is 89.6 cm³/mol. The van der Waals surface area contributed by atoms with E-state index in [2.05, 4.69) is 0 Å². The van der Waals surface area contributed by atoms with Crippen LogP contribution in [0.15, 0.2) is 39.5 Å². The van der Waals surface area contributed by atoms with E-state index in [-0.39, 0.29) is 39.0 Å². The zero-order valence-corrected chi connectivity index (χ0v) is 13.7. The van der Waals surface area contributed by atoms with Gasteiger partial charge in [-0.25, -0.2) is 4.79 Å². The minimum atomic E-state index is -1.28. The van der Waals surface area contributed by atoms with Crippen molar-refractivity contribution in [3.63, 3.8) is 0 Å². The molecular weight excluding hydrogens is 344 g/mol. The van der Waals surface area contributed by atoms with Crippen LogP contribution in [0.2, 0.25) is 0 Å². The number of hydrogen-bond acceptors (Lipinski definition) is 7. The first kappa shape index (κ1) is 17.2. The fraction of sp³-hybridized carbons (Fsp3) is 0.111. The van der Waals surface area contributed by atoms with Crippen molar-refractivity contribution in [2.75, 3.05) is 0 Å². The molecule has 3 aromatic rings. The van der Waals surface area contributed by atoms with Crippen molar-refractivity contribution in [1.29, 1.82) is 0 Å². The fourth-order valence-electron chi connectivity index (χ4n) is 2.56. The Morgan fingerprint density at radius 3 is 2.15 bits per heavy atom. The van der Waals surface area contributed by atoms with Gasteiger partial charge in [0.05, 0.1) is 5.56 Å². The van der Waals surface area contributed by atoms with Crippen LogP contribution in [-0.4, -0.2) is 23.0 Å². The minimum Gasteiger partial charge on any atom is -0.478 e. The van der Waals surface area contributed by atoms with Gasteiger partial charge in [-0.05, 0) is 24.3 Å². The van der Waals surface area contributed by atoms with Gasteiger partial charge >= 0.3 is 17.9 Å². The van der Waals surface area contributed by atoms with Crippen LogP contribution < -0.4 is 14.9 Å². The molecule has 3 rings (SSSR count). The van der Waals surface area contributed by atoms with E-state index in [0.717, 1.165) is 19.1 Å². The summed E-state index contributed by atoms with van der Waals surface area (Å²) in [6.45, 7) is 2.30. The van der Waals surface area contributed by atoms with Crippen molar-refractivity contribution in [1.82, 2.24) is 0 Å². The van der Waals surface area contributed by atoms with Crippen LogP contribution in [-0.2, 0) is 9.59 Å². The van der Waals surface area contributed by atoms with E-state index in [1.54, 1.807) is 0 Å². The molecule has 0 fully saturated rings. The molecule has 1 heterocycles. The first-order valence-electron chi connectivity index (χ1n) is 7.41. The quantitative estimate of drug-likeness (QED) is 0.432. The second-order valence-corrected chi connectivity index (χ2v) is 5.40. The van der Waals surface area contributed by atoms with Crippen LogP contribution in [0.4, 0.5) is 0 Å². The number of carboxylic acids is 1. The zero-order chi connectivity index (χ0) is 19.0. The SMILES string of the molecule is CC(=O)Oc1cccc2oc3cc(C(=O)O)cc(OC(C)=O)c3c(=O)c12. The third-order valence-electron chi connectivity index (χ3n) is 3.48. The molecule has 1 aromatic heterocycles. The lowest BCUT2D eigenvalue weighted by atomic mass is 10.1. The standard InChI is InChI=1S/C18H12O8/c1-8(19)24-11-4-3-5-12-15(11)17(21)16-13(25-9(2)20)6-10(18(22)23)7-14(16)26-12/h3-7H,1-2H3,(H,22,23). The van der Waals surface area contributed by atoms with Gasteiger partial charge in [-0.2, -0.15) is 0 Å². The first-order chi connectivity index (χ1) is 12.3. The number of aromatic carboxylic acids is 1. The van der Waals surface area contributed by atoms with Crippen LogP contribution >= 0.6 is 0 Å². The summed E-state index contributed by atoms with van der Waals surface area (Å²) in [5.74, 6) is -2.90. The average molecular weight is 356 g/mol. The van der Waals surface area contributed by atoms with Crippen LogP contribution in [0, 0.1) is 0 Å². The number of benzene rings is 2. The summed E-state index contributed by atoms with van der Waals surface area (Å²) in [5.41, 5.74) is -0.810. The van der Waals surface area contributed by atoms with Crippen molar-refractivity contribution < 1.29 is 33.4 Å². The maximum atomic E-state index is 13.0. The molecule has 0 aliphatic heterocycles. The van der Waals surface area contributed by atoms with Gasteiger partial charge in [0, 0.05) is 13.8 Å². The second kappa shape index (κ2) is 6.32. The molecule has 0 aliphatic carbocycles. The molecule has 0 aliphatic rings. The highest BCUT2D eigenvalue weighted by molar-refractivity contribution is 6.01. The van der Waals surface area contributed by atoms with E-state index in [1.807, 2.05) is 0 Å². The van der Waals surface area contributed by atoms with Gasteiger partial charge in [0.25, 0.3) is 0 Å². The summed E-state index contributed by atoms with van der Waals surface area (Å²) in [6.07, 6.45) is 0. The molecule has 0 radical (unpaired) electrons. The lowest BCUT2D eigenvalue weighted by molar-refractivity contribution is -0.132. The van der Waals surface area contributed by atoms with Crippen molar-refractivity contribution in [3.05, 3.63) is 46.1 Å². The number of ether oxygens (including phenoxy) is 2. The summed E-state index contributed by atoms with van der Waals surface area (Å²) in [4.78, 5) is 46.9. The van der Waals surface area contributed by atoms with Gasteiger partial charge in [0.15, 0.2) is 0 Å². The zero-order valence-electron chi connectivity index (χ0n) is 13.7. The van der Waals surface area contributed by atoms with Gasteiger partial charge in [-0.3, -0.25) is 14.4 Å². The molecule has 0 saturated heterocycles. The second-order valence-electron chi connectivity index (χ2n) is 5.40. The Kier molecular flexibility index (Phi) is 4.17. The Morgan fingerprint density at radius 1 is 0.923 bits per heavy atom. The third-order valence-corrected chi connectivity index (χ3v) is 3.48. The number of hydrogen-bond donors (Lipinski definition) is 1. The summed E-state index contributed by atoms with van der Waals surface area (Å²) >= 11 is 0. The molecule has 1 N–H and O–H groups in total. The molecule has 0 saturated carbocycles. The number of carboxylic acid groups (broad SMARTS) is 1. The third kappa shape index (κ3) is 3.00. The number of carbonyl (C=O) groups excluding carboxylic acids is 2.